The average molecular weight is 600 g/mol. The highest BCUT2D eigenvalue weighted by molar-refractivity contribution is 5.88. The number of hydrogen-bond donors (Lipinski definition) is 0. The zero-order valence-electron chi connectivity index (χ0n) is 25.6. The predicted octanol–water partition coefficient (Wildman–Crippen LogP) is 10.4. The molecule has 0 spiro atoms. The number of benzene rings is 7. The van der Waals surface area contributed by atoms with Crippen molar-refractivity contribution < 1.29 is 0 Å². The molecule has 0 N–H and O–H groups in total. The first-order valence-corrected chi connectivity index (χ1v) is 16.0. The van der Waals surface area contributed by atoms with Crippen LogP contribution in [0.15, 0.2) is 176 Å². The summed E-state index contributed by atoms with van der Waals surface area (Å²) in [6.07, 6.45) is 0. The highest BCUT2D eigenvalue weighted by atomic mass is 15.0. The summed E-state index contributed by atoms with van der Waals surface area (Å²) < 4.78 is 0. The fourth-order valence-corrected chi connectivity index (χ4v) is 7.20. The van der Waals surface area contributed by atoms with Gasteiger partial charge in [-0.15, -0.1) is 0 Å². The maximum absolute atomic E-state index is 5.43. The summed E-state index contributed by atoms with van der Waals surface area (Å²) in [4.78, 5) is 16.1. The second-order valence-electron chi connectivity index (χ2n) is 12.0. The summed E-state index contributed by atoms with van der Waals surface area (Å²) in [6, 6.07) is 61.9. The van der Waals surface area contributed by atoms with E-state index >= 15 is 0 Å². The Morgan fingerprint density at radius 1 is 0.340 bits per heavy atom. The Morgan fingerprint density at radius 3 is 1.57 bits per heavy atom. The summed E-state index contributed by atoms with van der Waals surface area (Å²) >= 11 is 0. The van der Waals surface area contributed by atoms with Gasteiger partial charge in [-0.1, -0.05) is 164 Å². The van der Waals surface area contributed by atoms with E-state index in [1.165, 1.54) is 27.6 Å². The van der Waals surface area contributed by atoms with Crippen molar-refractivity contribution in [2.75, 3.05) is 0 Å². The van der Waals surface area contributed by atoms with E-state index in [1.54, 1.807) is 0 Å². The molecule has 0 atom stereocenters. The van der Waals surface area contributed by atoms with E-state index in [9.17, 15) is 0 Å². The smallest absolute Gasteiger partial charge is 0.163 e. The standard InChI is InChI=1S/C44H29N3/c1-3-14-30(15-4-1)33-18-13-19-34(28-33)41-45-42(35-27-26-31-16-7-8-17-32(31)29-35)47-43(46-41)44(36-20-5-2-6-21-36)39-24-11-9-22-37(39)38-23-10-12-25-40(38)44/h1-29H. The topological polar surface area (TPSA) is 38.7 Å². The van der Waals surface area contributed by atoms with Gasteiger partial charge >= 0.3 is 0 Å². The summed E-state index contributed by atoms with van der Waals surface area (Å²) in [5.41, 5.74) is 9.30. The Bertz CT molecular complexity index is 2370. The number of fused-ring (bicyclic) bond motifs is 4. The summed E-state index contributed by atoms with van der Waals surface area (Å²) in [7, 11) is 0. The normalized spacial score (nSPS) is 12.9. The third-order valence-corrected chi connectivity index (χ3v) is 9.37. The van der Waals surface area contributed by atoms with Crippen LogP contribution in [0.2, 0.25) is 0 Å². The van der Waals surface area contributed by atoms with E-state index in [1.807, 2.05) is 6.07 Å². The Hall–Kier alpha value is -6.19. The Labute approximate surface area is 273 Å². The highest BCUT2D eigenvalue weighted by Crippen LogP contribution is 2.55. The predicted molar refractivity (Wildman–Crippen MR) is 191 cm³/mol. The average Bonchev–Trinajstić information content (AvgIpc) is 3.46. The van der Waals surface area contributed by atoms with Crippen LogP contribution in [-0.4, -0.2) is 15.0 Å². The van der Waals surface area contributed by atoms with Gasteiger partial charge in [-0.05, 0) is 61.8 Å². The molecule has 3 nitrogen and oxygen atoms in total. The Morgan fingerprint density at radius 2 is 0.872 bits per heavy atom. The van der Waals surface area contributed by atoms with E-state index in [0.29, 0.717) is 17.5 Å². The third-order valence-electron chi connectivity index (χ3n) is 9.37. The fraction of sp³-hybridized carbons (Fsp3) is 0.0227. The Kier molecular flexibility index (Phi) is 6.36. The molecule has 3 heteroatoms. The number of rotatable bonds is 5. The van der Waals surface area contributed by atoms with Gasteiger partial charge in [0.2, 0.25) is 0 Å². The van der Waals surface area contributed by atoms with Crippen molar-refractivity contribution in [1.29, 1.82) is 0 Å². The lowest BCUT2D eigenvalue weighted by atomic mass is 9.71. The van der Waals surface area contributed by atoms with E-state index < -0.39 is 5.41 Å². The van der Waals surface area contributed by atoms with Crippen LogP contribution in [0.3, 0.4) is 0 Å². The van der Waals surface area contributed by atoms with Crippen LogP contribution >= 0.6 is 0 Å². The van der Waals surface area contributed by atoms with Crippen molar-refractivity contribution in [2.45, 2.75) is 5.41 Å². The van der Waals surface area contributed by atoms with Crippen LogP contribution in [0.1, 0.15) is 22.5 Å². The summed E-state index contributed by atoms with van der Waals surface area (Å²) in [6.45, 7) is 0. The molecule has 0 saturated heterocycles. The molecule has 8 aromatic rings. The molecular formula is C44H29N3. The summed E-state index contributed by atoms with van der Waals surface area (Å²) in [5.74, 6) is 2.01. The number of nitrogens with zero attached hydrogens (tertiary/aromatic N) is 3. The van der Waals surface area contributed by atoms with Gasteiger partial charge in [0.15, 0.2) is 17.5 Å². The molecule has 0 aliphatic heterocycles. The number of hydrogen-bond acceptors (Lipinski definition) is 3. The molecule has 1 aliphatic rings. The zero-order chi connectivity index (χ0) is 31.2. The first-order chi connectivity index (χ1) is 23.3. The third kappa shape index (κ3) is 4.39. The van der Waals surface area contributed by atoms with Gasteiger partial charge in [0, 0.05) is 11.1 Å². The molecule has 0 bridgehead atoms. The van der Waals surface area contributed by atoms with Crippen molar-refractivity contribution >= 4 is 10.8 Å². The second-order valence-corrected chi connectivity index (χ2v) is 12.0. The molecule has 1 aliphatic carbocycles. The molecular weight excluding hydrogens is 571 g/mol. The van der Waals surface area contributed by atoms with Crippen molar-refractivity contribution in [3.8, 4) is 45.0 Å². The lowest BCUT2D eigenvalue weighted by Crippen LogP contribution is -2.31. The van der Waals surface area contributed by atoms with Gasteiger partial charge < -0.3 is 0 Å². The maximum atomic E-state index is 5.43. The van der Waals surface area contributed by atoms with Crippen LogP contribution < -0.4 is 0 Å². The lowest BCUT2D eigenvalue weighted by molar-refractivity contribution is 0.692. The number of aromatic nitrogens is 3. The molecule has 0 fully saturated rings. The van der Waals surface area contributed by atoms with Crippen LogP contribution in [0, 0.1) is 0 Å². The zero-order valence-corrected chi connectivity index (χ0v) is 25.6. The molecule has 1 aromatic heterocycles. The highest BCUT2D eigenvalue weighted by Gasteiger charge is 2.48. The second kappa shape index (κ2) is 11.0. The van der Waals surface area contributed by atoms with Crippen molar-refractivity contribution in [1.82, 2.24) is 15.0 Å². The van der Waals surface area contributed by atoms with Gasteiger partial charge in [-0.2, -0.15) is 0 Å². The van der Waals surface area contributed by atoms with Gasteiger partial charge in [-0.25, -0.2) is 15.0 Å². The van der Waals surface area contributed by atoms with Crippen LogP contribution in [0.5, 0.6) is 0 Å². The van der Waals surface area contributed by atoms with Gasteiger partial charge in [0.25, 0.3) is 0 Å². The molecule has 0 unspecified atom stereocenters. The first-order valence-electron chi connectivity index (χ1n) is 16.0. The molecule has 1 heterocycles. The molecule has 0 radical (unpaired) electrons. The van der Waals surface area contributed by atoms with Gasteiger partial charge in [0.1, 0.15) is 5.41 Å². The molecule has 0 saturated carbocycles. The van der Waals surface area contributed by atoms with E-state index in [2.05, 4.69) is 170 Å². The quantitative estimate of drug-likeness (QED) is 0.198. The minimum atomic E-state index is -0.741. The van der Waals surface area contributed by atoms with Crippen LogP contribution in [-0.2, 0) is 5.41 Å². The van der Waals surface area contributed by atoms with Crippen LogP contribution in [0.25, 0.3) is 55.8 Å². The maximum Gasteiger partial charge on any atom is 0.163 e. The largest absolute Gasteiger partial charge is 0.211 e. The van der Waals surface area contributed by atoms with Gasteiger partial charge in [-0.3, -0.25) is 0 Å². The minimum Gasteiger partial charge on any atom is -0.211 e. The van der Waals surface area contributed by atoms with E-state index in [0.717, 1.165) is 33.2 Å². The molecule has 0 amide bonds. The summed E-state index contributed by atoms with van der Waals surface area (Å²) in [5, 5.41) is 2.33. The van der Waals surface area contributed by atoms with Crippen LogP contribution in [0.4, 0.5) is 0 Å². The van der Waals surface area contributed by atoms with E-state index in [4.69, 9.17) is 15.0 Å². The molecule has 47 heavy (non-hydrogen) atoms. The monoisotopic (exact) mass is 599 g/mol. The molecule has 7 aromatic carbocycles. The molecule has 9 rings (SSSR count). The fourth-order valence-electron chi connectivity index (χ4n) is 7.20. The van der Waals surface area contributed by atoms with Crippen molar-refractivity contribution in [3.05, 3.63) is 198 Å². The SMILES string of the molecule is c1ccc(-c2cccc(-c3nc(-c4ccc5ccccc5c4)nc(C4(c5ccccc5)c5ccccc5-c5ccccc54)n3)c2)cc1. The Balaban J connectivity index is 1.36. The minimum absolute atomic E-state index is 0.646. The van der Waals surface area contributed by atoms with E-state index in [-0.39, 0.29) is 0 Å². The molecule has 220 valence electrons. The van der Waals surface area contributed by atoms with Crippen molar-refractivity contribution in [3.63, 3.8) is 0 Å². The van der Waals surface area contributed by atoms with Crippen molar-refractivity contribution in [2.24, 2.45) is 0 Å². The lowest BCUT2D eigenvalue weighted by Gasteiger charge is -2.32. The first kappa shape index (κ1) is 27.1. The van der Waals surface area contributed by atoms with Gasteiger partial charge in [0.05, 0.1) is 0 Å².